The number of piperidine rings is 1. The first kappa shape index (κ1) is 22.4. The van der Waals surface area contributed by atoms with Crippen molar-refractivity contribution >= 4 is 28.8 Å². The second-order valence-corrected chi connectivity index (χ2v) is 9.37. The van der Waals surface area contributed by atoms with Crippen LogP contribution in [0.15, 0.2) is 18.6 Å². The molecular formula is C22H30N10O2. The van der Waals surface area contributed by atoms with E-state index in [0.29, 0.717) is 45.3 Å². The highest BCUT2D eigenvalue weighted by Gasteiger charge is 2.32. The number of amides is 1. The summed E-state index contributed by atoms with van der Waals surface area (Å²) in [4.78, 5) is 34.6. The number of aromatic nitrogens is 6. The van der Waals surface area contributed by atoms with Crippen LogP contribution in [0.3, 0.4) is 0 Å². The summed E-state index contributed by atoms with van der Waals surface area (Å²) in [6, 6.07) is 0.116. The van der Waals surface area contributed by atoms with Crippen LogP contribution >= 0.6 is 0 Å². The maximum absolute atomic E-state index is 12.6. The van der Waals surface area contributed by atoms with Gasteiger partial charge in [0, 0.05) is 44.1 Å². The van der Waals surface area contributed by atoms with E-state index in [1.165, 1.54) is 0 Å². The van der Waals surface area contributed by atoms with Crippen molar-refractivity contribution in [2.75, 3.05) is 50.0 Å². The number of anilines is 2. The Kier molecular flexibility index (Phi) is 5.78. The second kappa shape index (κ2) is 8.76. The molecule has 0 atom stereocenters. The number of morpholine rings is 1. The topological polar surface area (TPSA) is 154 Å². The number of carbonyl (C=O) groups excluding carboxylic acids is 1. The molecule has 34 heavy (non-hydrogen) atoms. The van der Waals surface area contributed by atoms with Gasteiger partial charge in [-0.2, -0.15) is 10.1 Å². The zero-order valence-corrected chi connectivity index (χ0v) is 19.5. The van der Waals surface area contributed by atoms with Crippen LogP contribution in [0.1, 0.15) is 32.7 Å². The molecule has 2 aliphatic heterocycles. The van der Waals surface area contributed by atoms with Crippen LogP contribution in [0.2, 0.25) is 0 Å². The summed E-state index contributed by atoms with van der Waals surface area (Å²) < 4.78 is 7.47. The molecule has 3 aromatic rings. The van der Waals surface area contributed by atoms with Gasteiger partial charge < -0.3 is 26.0 Å². The molecular weight excluding hydrogens is 436 g/mol. The molecule has 4 N–H and O–H groups in total. The van der Waals surface area contributed by atoms with Gasteiger partial charge in [0.25, 0.3) is 0 Å². The first-order valence-corrected chi connectivity index (χ1v) is 11.6. The van der Waals surface area contributed by atoms with Crippen molar-refractivity contribution in [1.82, 2.24) is 34.6 Å². The molecule has 1 amide bonds. The fourth-order valence-electron chi connectivity index (χ4n) is 4.49. The van der Waals surface area contributed by atoms with Gasteiger partial charge >= 0.3 is 0 Å². The van der Waals surface area contributed by atoms with E-state index in [2.05, 4.69) is 14.9 Å². The average molecular weight is 467 g/mol. The monoisotopic (exact) mass is 466 g/mol. The Morgan fingerprint density at radius 2 is 1.74 bits per heavy atom. The third-order valence-corrected chi connectivity index (χ3v) is 6.33. The van der Waals surface area contributed by atoms with E-state index < -0.39 is 5.54 Å². The first-order valence-electron chi connectivity index (χ1n) is 11.6. The van der Waals surface area contributed by atoms with E-state index in [4.69, 9.17) is 31.3 Å². The van der Waals surface area contributed by atoms with Crippen molar-refractivity contribution in [2.45, 2.75) is 38.3 Å². The third kappa shape index (κ3) is 4.26. The lowest BCUT2D eigenvalue weighted by molar-refractivity contribution is -0.137. The number of nitrogens with two attached hydrogens (primary N) is 2. The van der Waals surface area contributed by atoms with Crippen molar-refractivity contribution in [3.8, 4) is 11.3 Å². The summed E-state index contributed by atoms with van der Waals surface area (Å²) in [6.45, 7) is 7.44. The van der Waals surface area contributed by atoms with Crippen LogP contribution in [0.4, 0.5) is 11.9 Å². The second-order valence-electron chi connectivity index (χ2n) is 9.37. The number of nitrogen functional groups attached to an aromatic ring is 1. The predicted molar refractivity (Wildman–Crippen MR) is 127 cm³/mol. The highest BCUT2D eigenvalue weighted by molar-refractivity contribution is 5.91. The molecule has 0 aromatic carbocycles. The number of hydrogen-bond donors (Lipinski definition) is 2. The fourth-order valence-corrected chi connectivity index (χ4v) is 4.49. The smallest absolute Gasteiger partial charge is 0.242 e. The number of ether oxygens (including phenoxy) is 1. The summed E-state index contributed by atoms with van der Waals surface area (Å²) in [5.74, 6) is 0.806. The Balaban J connectivity index is 1.50. The number of likely N-dealkylation sites (tertiary alicyclic amines) is 1. The van der Waals surface area contributed by atoms with Crippen LogP contribution < -0.4 is 16.4 Å². The minimum absolute atomic E-state index is 0.0289. The Morgan fingerprint density at radius 1 is 1.06 bits per heavy atom. The maximum atomic E-state index is 12.6. The molecule has 0 spiro atoms. The van der Waals surface area contributed by atoms with E-state index in [1.807, 2.05) is 9.58 Å². The largest absolute Gasteiger partial charge is 0.378 e. The summed E-state index contributed by atoms with van der Waals surface area (Å²) in [5, 5.41) is 5.53. The van der Waals surface area contributed by atoms with Gasteiger partial charge in [0.1, 0.15) is 0 Å². The fraction of sp³-hybridized carbons (Fsp3) is 0.545. The van der Waals surface area contributed by atoms with Crippen LogP contribution in [0.5, 0.6) is 0 Å². The molecule has 180 valence electrons. The molecule has 12 nitrogen and oxygen atoms in total. The standard InChI is InChI=1S/C22H30N10O2/c1-22(2,24)19(33)30-5-3-15(4-6-30)32-18-16(13-27-32)17(14-11-25-20(23)26-12-14)28-21(29-18)31-7-9-34-10-8-31/h11-13,15H,3-10,24H2,1-2H3,(H2,23,25,26). The average Bonchev–Trinajstić information content (AvgIpc) is 3.28. The third-order valence-electron chi connectivity index (χ3n) is 6.33. The first-order chi connectivity index (χ1) is 16.3. The van der Waals surface area contributed by atoms with Crippen molar-refractivity contribution in [2.24, 2.45) is 5.73 Å². The molecule has 0 saturated carbocycles. The zero-order chi connectivity index (χ0) is 23.9. The molecule has 2 aliphatic rings. The molecule has 2 saturated heterocycles. The van der Waals surface area contributed by atoms with Gasteiger partial charge in [-0.15, -0.1) is 0 Å². The molecule has 0 bridgehead atoms. The van der Waals surface area contributed by atoms with Crippen LogP contribution in [0, 0.1) is 0 Å². The lowest BCUT2D eigenvalue weighted by atomic mass is 10.00. The van der Waals surface area contributed by atoms with Gasteiger partial charge in [-0.05, 0) is 26.7 Å². The Morgan fingerprint density at radius 3 is 2.38 bits per heavy atom. The van der Waals surface area contributed by atoms with Gasteiger partial charge in [-0.3, -0.25) is 4.79 Å². The van der Waals surface area contributed by atoms with E-state index in [0.717, 1.165) is 35.1 Å². The Bertz CT molecular complexity index is 1170. The molecule has 0 aliphatic carbocycles. The molecule has 3 aromatic heterocycles. The van der Waals surface area contributed by atoms with Crippen molar-refractivity contribution in [3.63, 3.8) is 0 Å². The lowest BCUT2D eigenvalue weighted by Crippen LogP contribution is -2.53. The number of carbonyl (C=O) groups is 1. The van der Waals surface area contributed by atoms with Crippen LogP contribution in [-0.4, -0.2) is 85.5 Å². The van der Waals surface area contributed by atoms with Crippen LogP contribution in [0.25, 0.3) is 22.3 Å². The van der Waals surface area contributed by atoms with E-state index in [9.17, 15) is 4.79 Å². The van der Waals surface area contributed by atoms with Gasteiger partial charge in [0.15, 0.2) is 5.65 Å². The van der Waals surface area contributed by atoms with Crippen molar-refractivity contribution in [3.05, 3.63) is 18.6 Å². The van der Waals surface area contributed by atoms with E-state index in [1.54, 1.807) is 32.4 Å². The van der Waals surface area contributed by atoms with Gasteiger partial charge in [0.05, 0.1) is 42.1 Å². The minimum Gasteiger partial charge on any atom is -0.378 e. The maximum Gasteiger partial charge on any atom is 0.242 e. The minimum atomic E-state index is -0.873. The van der Waals surface area contributed by atoms with E-state index in [-0.39, 0.29) is 17.9 Å². The number of rotatable bonds is 4. The number of fused-ring (bicyclic) bond motifs is 1. The highest BCUT2D eigenvalue weighted by atomic mass is 16.5. The molecule has 0 radical (unpaired) electrons. The van der Waals surface area contributed by atoms with Gasteiger partial charge in [0.2, 0.25) is 17.8 Å². The summed E-state index contributed by atoms with van der Waals surface area (Å²) in [5.41, 5.74) is 13.1. The Labute approximate surface area is 197 Å². The highest BCUT2D eigenvalue weighted by Crippen LogP contribution is 2.32. The quantitative estimate of drug-likeness (QED) is 0.558. The van der Waals surface area contributed by atoms with Crippen molar-refractivity contribution < 1.29 is 9.53 Å². The Hall–Kier alpha value is -3.38. The number of nitrogens with zero attached hydrogens (tertiary/aromatic N) is 8. The molecule has 2 fully saturated rings. The molecule has 0 unspecified atom stereocenters. The van der Waals surface area contributed by atoms with Gasteiger partial charge in [-0.25, -0.2) is 19.6 Å². The zero-order valence-electron chi connectivity index (χ0n) is 19.5. The van der Waals surface area contributed by atoms with Gasteiger partial charge in [-0.1, -0.05) is 0 Å². The predicted octanol–water partition coefficient (Wildman–Crippen LogP) is 0.603. The summed E-state index contributed by atoms with van der Waals surface area (Å²) in [7, 11) is 0. The van der Waals surface area contributed by atoms with Crippen molar-refractivity contribution in [1.29, 1.82) is 0 Å². The molecule has 12 heteroatoms. The SMILES string of the molecule is CC(C)(N)C(=O)N1CCC(n2ncc3c(-c4cnc(N)nc4)nc(N4CCOCC4)nc32)CC1. The van der Waals surface area contributed by atoms with Crippen LogP contribution in [-0.2, 0) is 9.53 Å². The summed E-state index contributed by atoms with van der Waals surface area (Å²) >= 11 is 0. The lowest BCUT2D eigenvalue weighted by Gasteiger charge is -2.35. The summed E-state index contributed by atoms with van der Waals surface area (Å²) in [6.07, 6.45) is 6.68. The molecule has 5 heterocycles. The molecule has 5 rings (SSSR count). The normalized spacial score (nSPS) is 18.0. The van der Waals surface area contributed by atoms with E-state index >= 15 is 0 Å². The number of hydrogen-bond acceptors (Lipinski definition) is 10.